The first-order chi connectivity index (χ1) is 9.52. The normalized spacial score (nSPS) is 10.8. The number of aromatic nitrogens is 2. The lowest BCUT2D eigenvalue weighted by molar-refractivity contribution is -0.137. The van der Waals surface area contributed by atoms with E-state index in [-0.39, 0.29) is 12.5 Å². The van der Waals surface area contributed by atoms with Gasteiger partial charge in [-0.2, -0.15) is 5.10 Å². The average Bonchev–Trinajstić information content (AvgIpc) is 2.95. The van der Waals surface area contributed by atoms with Crippen LogP contribution in [0.25, 0.3) is 6.08 Å². The van der Waals surface area contributed by atoms with E-state index in [1.807, 2.05) is 12.1 Å². The lowest BCUT2D eigenvalue weighted by atomic mass is 10.4. The van der Waals surface area contributed by atoms with Crippen LogP contribution in [0.1, 0.15) is 4.88 Å². The number of carboxylic acid groups (broad SMARTS) is 1. The van der Waals surface area contributed by atoms with E-state index < -0.39 is 5.97 Å². The molecule has 0 bridgehead atoms. The second kappa shape index (κ2) is 6.49. The van der Waals surface area contributed by atoms with Gasteiger partial charge in [-0.25, -0.2) is 0 Å². The molecular formula is C12H10BrN3O3S. The zero-order valence-electron chi connectivity index (χ0n) is 10.1. The van der Waals surface area contributed by atoms with E-state index in [0.717, 1.165) is 8.66 Å². The second-order valence-corrected chi connectivity index (χ2v) is 6.28. The number of amides is 1. The first kappa shape index (κ1) is 14.5. The van der Waals surface area contributed by atoms with Crippen LogP contribution >= 0.6 is 27.3 Å². The molecule has 0 spiro atoms. The number of rotatable bonds is 5. The molecule has 0 aromatic carbocycles. The summed E-state index contributed by atoms with van der Waals surface area (Å²) in [5.74, 6) is -1.29. The number of hydrogen-bond acceptors (Lipinski definition) is 4. The Hall–Kier alpha value is -1.93. The van der Waals surface area contributed by atoms with Crippen molar-refractivity contribution in [3.05, 3.63) is 39.3 Å². The number of nitrogens with zero attached hydrogens (tertiary/aromatic N) is 2. The zero-order chi connectivity index (χ0) is 14.5. The van der Waals surface area contributed by atoms with Gasteiger partial charge in [0.05, 0.1) is 15.7 Å². The summed E-state index contributed by atoms with van der Waals surface area (Å²) in [4.78, 5) is 23.1. The van der Waals surface area contributed by atoms with Crippen LogP contribution in [-0.2, 0) is 16.1 Å². The van der Waals surface area contributed by atoms with Crippen LogP contribution in [0, 0.1) is 0 Å². The third-order valence-corrected chi connectivity index (χ3v) is 3.78. The van der Waals surface area contributed by atoms with Crippen molar-refractivity contribution in [2.45, 2.75) is 6.54 Å². The van der Waals surface area contributed by atoms with E-state index in [4.69, 9.17) is 5.11 Å². The predicted octanol–water partition coefficient (Wildman–Crippen LogP) is 2.44. The first-order valence-corrected chi connectivity index (χ1v) is 7.12. The summed E-state index contributed by atoms with van der Waals surface area (Å²) in [5, 5.41) is 15.0. The predicted molar refractivity (Wildman–Crippen MR) is 79.5 cm³/mol. The second-order valence-electron chi connectivity index (χ2n) is 3.78. The van der Waals surface area contributed by atoms with Gasteiger partial charge < -0.3 is 10.4 Å². The van der Waals surface area contributed by atoms with Crippen LogP contribution in [-0.4, -0.2) is 26.8 Å². The number of carbonyl (C=O) groups excluding carboxylic acids is 1. The van der Waals surface area contributed by atoms with Gasteiger partial charge in [0.1, 0.15) is 6.54 Å². The standard InChI is InChI=1S/C12H10BrN3O3S/c13-10-3-1-9(20-10)2-4-11(17)15-8-5-14-16(6-8)7-12(18)19/h1-6H,7H2,(H,15,17)(H,18,19)/b4-2+. The smallest absolute Gasteiger partial charge is 0.325 e. The Kier molecular flexibility index (Phi) is 4.70. The third kappa shape index (κ3) is 4.32. The van der Waals surface area contributed by atoms with Crippen molar-refractivity contribution in [2.75, 3.05) is 5.32 Å². The Bertz CT molecular complexity index is 662. The highest BCUT2D eigenvalue weighted by Crippen LogP contribution is 2.22. The summed E-state index contributed by atoms with van der Waals surface area (Å²) in [6.45, 7) is -0.241. The van der Waals surface area contributed by atoms with Crippen LogP contribution in [0.3, 0.4) is 0 Å². The summed E-state index contributed by atoms with van der Waals surface area (Å²) in [6, 6.07) is 3.79. The molecule has 2 aromatic rings. The van der Waals surface area contributed by atoms with Crippen molar-refractivity contribution in [1.29, 1.82) is 0 Å². The molecule has 0 unspecified atom stereocenters. The van der Waals surface area contributed by atoms with Crippen LogP contribution in [0.5, 0.6) is 0 Å². The van der Waals surface area contributed by atoms with Crippen LogP contribution < -0.4 is 5.32 Å². The highest BCUT2D eigenvalue weighted by molar-refractivity contribution is 9.11. The lowest BCUT2D eigenvalue weighted by Gasteiger charge is -1.96. The molecule has 0 aliphatic rings. The molecule has 20 heavy (non-hydrogen) atoms. The van der Waals surface area contributed by atoms with Gasteiger partial charge >= 0.3 is 5.97 Å². The highest BCUT2D eigenvalue weighted by Gasteiger charge is 2.04. The first-order valence-electron chi connectivity index (χ1n) is 5.51. The minimum atomic E-state index is -0.992. The summed E-state index contributed by atoms with van der Waals surface area (Å²) < 4.78 is 2.23. The number of aliphatic carboxylic acids is 1. The fourth-order valence-electron chi connectivity index (χ4n) is 1.41. The summed E-state index contributed by atoms with van der Waals surface area (Å²) in [5.41, 5.74) is 0.452. The molecule has 2 N–H and O–H groups in total. The summed E-state index contributed by atoms with van der Waals surface area (Å²) in [6.07, 6.45) is 5.97. The fraction of sp³-hybridized carbons (Fsp3) is 0.0833. The molecule has 8 heteroatoms. The maximum Gasteiger partial charge on any atom is 0.325 e. The number of halogens is 1. The minimum absolute atomic E-state index is 0.241. The van der Waals surface area contributed by atoms with Crippen molar-refractivity contribution >= 4 is 50.9 Å². The van der Waals surface area contributed by atoms with Gasteiger partial charge in [0.15, 0.2) is 0 Å². The Labute approximate surface area is 126 Å². The minimum Gasteiger partial charge on any atom is -0.480 e. The van der Waals surface area contributed by atoms with Crippen molar-refractivity contribution in [2.24, 2.45) is 0 Å². The maximum absolute atomic E-state index is 11.7. The highest BCUT2D eigenvalue weighted by atomic mass is 79.9. The summed E-state index contributed by atoms with van der Waals surface area (Å²) in [7, 11) is 0. The Morgan fingerprint density at radius 2 is 2.30 bits per heavy atom. The van der Waals surface area contributed by atoms with Crippen molar-refractivity contribution in [1.82, 2.24) is 9.78 Å². The topological polar surface area (TPSA) is 84.2 Å². The molecule has 0 atom stereocenters. The number of thiophene rings is 1. The zero-order valence-corrected chi connectivity index (χ0v) is 12.5. The largest absolute Gasteiger partial charge is 0.480 e. The molecule has 0 aliphatic carbocycles. The number of carbonyl (C=O) groups is 2. The molecule has 0 saturated carbocycles. The van der Waals surface area contributed by atoms with E-state index in [0.29, 0.717) is 5.69 Å². The summed E-state index contributed by atoms with van der Waals surface area (Å²) >= 11 is 4.86. The van der Waals surface area contributed by atoms with Gasteiger partial charge in [0, 0.05) is 17.2 Å². The molecular weight excluding hydrogens is 346 g/mol. The number of carboxylic acids is 1. The molecule has 1 amide bonds. The number of anilines is 1. The average molecular weight is 356 g/mol. The van der Waals surface area contributed by atoms with Gasteiger partial charge in [0.2, 0.25) is 5.91 Å². The molecule has 6 nitrogen and oxygen atoms in total. The van der Waals surface area contributed by atoms with E-state index >= 15 is 0 Å². The van der Waals surface area contributed by atoms with E-state index in [1.165, 1.54) is 34.5 Å². The molecule has 2 heterocycles. The van der Waals surface area contributed by atoms with Gasteiger partial charge in [-0.05, 0) is 34.1 Å². The fourth-order valence-corrected chi connectivity index (χ4v) is 2.74. The molecule has 0 radical (unpaired) electrons. The molecule has 2 aromatic heterocycles. The molecule has 0 saturated heterocycles. The van der Waals surface area contributed by atoms with Crippen molar-refractivity contribution < 1.29 is 14.7 Å². The number of hydrogen-bond donors (Lipinski definition) is 2. The molecule has 0 aliphatic heterocycles. The van der Waals surface area contributed by atoms with Crippen LogP contribution in [0.4, 0.5) is 5.69 Å². The van der Waals surface area contributed by atoms with Crippen molar-refractivity contribution in [3.8, 4) is 0 Å². The monoisotopic (exact) mass is 355 g/mol. The Balaban J connectivity index is 1.92. The van der Waals surface area contributed by atoms with Crippen LogP contribution in [0.2, 0.25) is 0 Å². The van der Waals surface area contributed by atoms with Gasteiger partial charge in [-0.1, -0.05) is 0 Å². The SMILES string of the molecule is O=C(O)Cn1cc(NC(=O)/C=C/c2ccc(Br)s2)cn1. The van der Waals surface area contributed by atoms with Crippen molar-refractivity contribution in [3.63, 3.8) is 0 Å². The Morgan fingerprint density at radius 3 is 2.95 bits per heavy atom. The van der Waals surface area contributed by atoms with Gasteiger partial charge in [-0.15, -0.1) is 11.3 Å². The van der Waals surface area contributed by atoms with E-state index in [1.54, 1.807) is 6.08 Å². The van der Waals surface area contributed by atoms with E-state index in [9.17, 15) is 9.59 Å². The number of nitrogens with one attached hydrogen (secondary N) is 1. The van der Waals surface area contributed by atoms with Gasteiger partial charge in [-0.3, -0.25) is 14.3 Å². The quantitative estimate of drug-likeness (QED) is 0.806. The lowest BCUT2D eigenvalue weighted by Crippen LogP contribution is -2.09. The molecule has 0 fully saturated rings. The molecule has 104 valence electrons. The Morgan fingerprint density at radius 1 is 1.50 bits per heavy atom. The van der Waals surface area contributed by atoms with Gasteiger partial charge in [0.25, 0.3) is 0 Å². The molecule has 2 rings (SSSR count). The van der Waals surface area contributed by atoms with Crippen LogP contribution in [0.15, 0.2) is 34.4 Å². The van der Waals surface area contributed by atoms with E-state index in [2.05, 4.69) is 26.3 Å². The maximum atomic E-state index is 11.7. The third-order valence-electron chi connectivity index (χ3n) is 2.19.